The lowest BCUT2D eigenvalue weighted by molar-refractivity contribution is 0.0725. The van der Waals surface area contributed by atoms with Crippen LogP contribution in [0.4, 0.5) is 0 Å². The van der Waals surface area contributed by atoms with E-state index >= 15 is 0 Å². The van der Waals surface area contributed by atoms with Gasteiger partial charge in [-0.1, -0.05) is 24.3 Å². The van der Waals surface area contributed by atoms with Crippen molar-refractivity contribution in [3.63, 3.8) is 0 Å². The van der Waals surface area contributed by atoms with Crippen molar-refractivity contribution in [1.82, 2.24) is 4.90 Å². The van der Waals surface area contributed by atoms with Crippen LogP contribution in [0.1, 0.15) is 34.3 Å². The minimum absolute atomic E-state index is 0.0707. The Bertz CT molecular complexity index is 723. The number of thioether (sulfide) groups is 1. The van der Waals surface area contributed by atoms with Crippen LogP contribution in [0.15, 0.2) is 47.4 Å². The first-order chi connectivity index (χ1) is 11.6. The number of aryl methyl sites for hydroxylation is 1. The third-order valence-electron chi connectivity index (χ3n) is 4.43. The average molecular weight is 341 g/mol. The van der Waals surface area contributed by atoms with Crippen LogP contribution in [0, 0.1) is 6.92 Å². The number of benzene rings is 2. The monoisotopic (exact) mass is 341 g/mol. The van der Waals surface area contributed by atoms with E-state index in [4.69, 9.17) is 4.74 Å². The summed E-state index contributed by atoms with van der Waals surface area (Å²) in [6.45, 7) is 2.61. The van der Waals surface area contributed by atoms with Crippen molar-refractivity contribution in [2.24, 2.45) is 0 Å². The Kier molecular flexibility index (Phi) is 5.14. The Labute approximate surface area is 148 Å². The van der Waals surface area contributed by atoms with Crippen molar-refractivity contribution < 1.29 is 9.53 Å². The number of amides is 1. The molecule has 0 N–H and O–H groups in total. The van der Waals surface area contributed by atoms with E-state index in [-0.39, 0.29) is 5.91 Å². The number of hydrogen-bond donors (Lipinski definition) is 0. The minimum Gasteiger partial charge on any atom is -0.496 e. The fraction of sp³-hybridized carbons (Fsp3) is 0.350. The van der Waals surface area contributed by atoms with Crippen LogP contribution < -0.4 is 4.74 Å². The molecule has 2 aromatic carbocycles. The molecule has 2 aromatic rings. The van der Waals surface area contributed by atoms with Crippen molar-refractivity contribution in [2.75, 3.05) is 13.4 Å². The quantitative estimate of drug-likeness (QED) is 0.723. The van der Waals surface area contributed by atoms with Crippen molar-refractivity contribution in [2.45, 2.75) is 37.2 Å². The second-order valence-electron chi connectivity index (χ2n) is 6.16. The maximum Gasteiger partial charge on any atom is 0.258 e. The second kappa shape index (κ2) is 7.31. The molecule has 0 unspecified atom stereocenters. The first-order valence-electron chi connectivity index (χ1n) is 8.21. The van der Waals surface area contributed by atoms with Crippen molar-refractivity contribution in [3.8, 4) is 5.75 Å². The Morgan fingerprint density at radius 1 is 1.21 bits per heavy atom. The van der Waals surface area contributed by atoms with E-state index in [1.807, 2.05) is 30.0 Å². The highest BCUT2D eigenvalue weighted by molar-refractivity contribution is 7.98. The van der Waals surface area contributed by atoms with Crippen LogP contribution in [0.25, 0.3) is 0 Å². The smallest absolute Gasteiger partial charge is 0.258 e. The molecule has 3 rings (SSSR count). The molecule has 24 heavy (non-hydrogen) atoms. The van der Waals surface area contributed by atoms with Crippen molar-refractivity contribution in [3.05, 3.63) is 59.2 Å². The van der Waals surface area contributed by atoms with Gasteiger partial charge in [0.2, 0.25) is 0 Å². The van der Waals surface area contributed by atoms with E-state index in [1.54, 1.807) is 18.9 Å². The molecule has 1 fully saturated rings. The normalized spacial score (nSPS) is 13.6. The SMILES string of the molecule is COc1cccc(C)c1C(=O)N(Cc1ccc(SC)cc1)C1CC1. The van der Waals surface area contributed by atoms with E-state index in [1.165, 1.54) is 10.5 Å². The molecule has 0 spiro atoms. The van der Waals surface area contributed by atoms with Gasteiger partial charge in [-0.3, -0.25) is 4.79 Å². The average Bonchev–Trinajstić information content (AvgIpc) is 3.44. The maximum atomic E-state index is 13.2. The zero-order valence-electron chi connectivity index (χ0n) is 14.4. The van der Waals surface area contributed by atoms with Gasteiger partial charge in [0.25, 0.3) is 5.91 Å². The summed E-state index contributed by atoms with van der Waals surface area (Å²) in [6, 6.07) is 14.6. The third kappa shape index (κ3) is 3.59. The van der Waals surface area contributed by atoms with Crippen LogP contribution in [0.5, 0.6) is 5.75 Å². The summed E-state index contributed by atoms with van der Waals surface area (Å²) in [5, 5.41) is 0. The van der Waals surface area contributed by atoms with Crippen LogP contribution in [0.2, 0.25) is 0 Å². The molecular formula is C20H23NO2S. The summed E-state index contributed by atoms with van der Waals surface area (Å²) in [5.74, 6) is 0.727. The minimum atomic E-state index is 0.0707. The molecule has 126 valence electrons. The summed E-state index contributed by atoms with van der Waals surface area (Å²) in [5.41, 5.74) is 2.82. The molecule has 0 saturated heterocycles. The third-order valence-corrected chi connectivity index (χ3v) is 5.17. The van der Waals surface area contributed by atoms with Gasteiger partial charge in [0.15, 0.2) is 0 Å². The van der Waals surface area contributed by atoms with Gasteiger partial charge in [-0.25, -0.2) is 0 Å². The van der Waals surface area contributed by atoms with Gasteiger partial charge < -0.3 is 9.64 Å². The summed E-state index contributed by atoms with van der Waals surface area (Å²) >= 11 is 1.73. The molecule has 4 heteroatoms. The molecule has 1 saturated carbocycles. The maximum absolute atomic E-state index is 13.2. The lowest BCUT2D eigenvalue weighted by atomic mass is 10.1. The van der Waals surface area contributed by atoms with Crippen molar-refractivity contribution in [1.29, 1.82) is 0 Å². The highest BCUT2D eigenvalue weighted by Crippen LogP contribution is 2.33. The topological polar surface area (TPSA) is 29.5 Å². The van der Waals surface area contributed by atoms with Gasteiger partial charge in [-0.15, -0.1) is 11.8 Å². The van der Waals surface area contributed by atoms with Gasteiger partial charge >= 0.3 is 0 Å². The molecule has 0 bridgehead atoms. The Morgan fingerprint density at radius 2 is 1.92 bits per heavy atom. The number of rotatable bonds is 6. The Morgan fingerprint density at radius 3 is 2.50 bits per heavy atom. The molecule has 1 aliphatic rings. The van der Waals surface area contributed by atoms with Gasteiger partial charge in [0.1, 0.15) is 5.75 Å². The lowest BCUT2D eigenvalue weighted by Gasteiger charge is -2.24. The zero-order chi connectivity index (χ0) is 17.1. The van der Waals surface area contributed by atoms with Crippen LogP contribution in [0.3, 0.4) is 0 Å². The van der Waals surface area contributed by atoms with Gasteiger partial charge in [-0.05, 0) is 55.3 Å². The predicted molar refractivity (Wildman–Crippen MR) is 98.8 cm³/mol. The standard InChI is InChI=1S/C20H23NO2S/c1-14-5-4-6-18(23-2)19(14)20(22)21(16-9-10-16)13-15-7-11-17(24-3)12-8-15/h4-8,11-12,16H,9-10,13H2,1-3H3. The fourth-order valence-corrected chi connectivity index (χ4v) is 3.32. The van der Waals surface area contributed by atoms with Crippen LogP contribution in [-0.2, 0) is 6.54 Å². The number of carbonyl (C=O) groups is 1. The molecule has 0 atom stereocenters. The summed E-state index contributed by atoms with van der Waals surface area (Å²) in [4.78, 5) is 16.4. The van der Waals surface area contributed by atoms with E-state index < -0.39 is 0 Å². The highest BCUT2D eigenvalue weighted by Gasteiger charge is 2.34. The van der Waals surface area contributed by atoms with Gasteiger partial charge in [0, 0.05) is 17.5 Å². The highest BCUT2D eigenvalue weighted by atomic mass is 32.2. The molecule has 1 amide bonds. The number of nitrogens with zero attached hydrogens (tertiary/aromatic N) is 1. The first-order valence-corrected chi connectivity index (χ1v) is 9.44. The van der Waals surface area contributed by atoms with Crippen LogP contribution >= 0.6 is 11.8 Å². The summed E-state index contributed by atoms with van der Waals surface area (Å²) in [6.07, 6.45) is 4.24. The molecule has 0 aromatic heterocycles. The Hall–Kier alpha value is -1.94. The predicted octanol–water partition coefficient (Wildman–Crippen LogP) is 4.53. The number of ether oxygens (including phenoxy) is 1. The second-order valence-corrected chi connectivity index (χ2v) is 7.04. The largest absolute Gasteiger partial charge is 0.496 e. The van der Waals surface area contributed by atoms with E-state index in [2.05, 4.69) is 30.5 Å². The van der Waals surface area contributed by atoms with Gasteiger partial charge in [-0.2, -0.15) is 0 Å². The first kappa shape index (κ1) is 16.9. The summed E-state index contributed by atoms with van der Waals surface area (Å²) < 4.78 is 5.43. The molecular weight excluding hydrogens is 318 g/mol. The molecule has 0 aliphatic heterocycles. The fourth-order valence-electron chi connectivity index (χ4n) is 2.91. The molecule has 0 heterocycles. The van der Waals surface area contributed by atoms with Gasteiger partial charge in [0.05, 0.1) is 12.7 Å². The Balaban J connectivity index is 1.87. The molecule has 1 aliphatic carbocycles. The van der Waals surface area contributed by atoms with E-state index in [9.17, 15) is 4.79 Å². The number of carbonyl (C=O) groups excluding carboxylic acids is 1. The zero-order valence-corrected chi connectivity index (χ0v) is 15.2. The number of hydrogen-bond acceptors (Lipinski definition) is 3. The van der Waals surface area contributed by atoms with Crippen LogP contribution in [-0.4, -0.2) is 30.2 Å². The number of methoxy groups -OCH3 is 1. The molecule has 0 radical (unpaired) electrons. The summed E-state index contributed by atoms with van der Waals surface area (Å²) in [7, 11) is 1.62. The van der Waals surface area contributed by atoms with E-state index in [0.717, 1.165) is 18.4 Å². The van der Waals surface area contributed by atoms with E-state index in [0.29, 0.717) is 23.9 Å². The van der Waals surface area contributed by atoms with Crippen molar-refractivity contribution >= 4 is 17.7 Å². The molecule has 3 nitrogen and oxygen atoms in total. The lowest BCUT2D eigenvalue weighted by Crippen LogP contribution is -2.33.